The molecule has 0 spiro atoms. The van der Waals surface area contributed by atoms with Crippen molar-refractivity contribution in [2.45, 2.75) is 18.7 Å². The van der Waals surface area contributed by atoms with E-state index >= 15 is 0 Å². The summed E-state index contributed by atoms with van der Waals surface area (Å²) in [7, 11) is -1.98. The van der Waals surface area contributed by atoms with Gasteiger partial charge in [0.2, 0.25) is 0 Å². The maximum atomic E-state index is 12.9. The Balaban J connectivity index is 2.07. The van der Waals surface area contributed by atoms with Gasteiger partial charge in [-0.05, 0) is 48.4 Å². The molecule has 0 saturated carbocycles. The lowest BCUT2D eigenvalue weighted by molar-refractivity contribution is 0.594. The van der Waals surface area contributed by atoms with E-state index < -0.39 is 10.0 Å². The van der Waals surface area contributed by atoms with Gasteiger partial charge in [0, 0.05) is 7.05 Å². The van der Waals surface area contributed by atoms with Crippen LogP contribution in [0.2, 0.25) is 0 Å². The zero-order valence-electron chi connectivity index (χ0n) is 13.4. The van der Waals surface area contributed by atoms with E-state index in [9.17, 15) is 8.42 Å². The maximum absolute atomic E-state index is 12.9. The summed E-state index contributed by atoms with van der Waals surface area (Å²) in [5.41, 5.74) is 2.47. The van der Waals surface area contributed by atoms with Crippen molar-refractivity contribution < 1.29 is 8.42 Å². The Morgan fingerprint density at radius 2 is 1.52 bits per heavy atom. The van der Waals surface area contributed by atoms with Crippen LogP contribution in [-0.4, -0.2) is 15.5 Å². The number of nitrogens with zero attached hydrogens (tertiary/aromatic N) is 1. The Morgan fingerprint density at radius 3 is 2.22 bits per heavy atom. The summed E-state index contributed by atoms with van der Waals surface area (Å²) in [4.78, 5) is 0.346. The smallest absolute Gasteiger partial charge is 0.264 e. The molecule has 3 aromatic carbocycles. The normalized spacial score (nSPS) is 11.6. The van der Waals surface area contributed by atoms with Gasteiger partial charge in [0.05, 0.1) is 10.6 Å². The first kappa shape index (κ1) is 15.6. The van der Waals surface area contributed by atoms with Crippen molar-refractivity contribution in [3.8, 4) is 0 Å². The van der Waals surface area contributed by atoms with Gasteiger partial charge in [0.25, 0.3) is 10.0 Å². The van der Waals surface area contributed by atoms with Crippen molar-refractivity contribution in [3.05, 3.63) is 71.8 Å². The first-order chi connectivity index (χ1) is 10.9. The van der Waals surface area contributed by atoms with E-state index in [0.717, 1.165) is 21.9 Å². The quantitative estimate of drug-likeness (QED) is 0.721. The third-order valence-electron chi connectivity index (χ3n) is 4.07. The average molecular weight is 325 g/mol. The molecule has 0 unspecified atom stereocenters. The number of fused-ring (bicyclic) bond motifs is 1. The van der Waals surface area contributed by atoms with E-state index in [0.29, 0.717) is 10.6 Å². The first-order valence-electron chi connectivity index (χ1n) is 7.44. The monoisotopic (exact) mass is 325 g/mol. The highest BCUT2D eigenvalue weighted by Crippen LogP contribution is 2.27. The highest BCUT2D eigenvalue weighted by atomic mass is 32.2. The standard InChI is InChI=1S/C19H19NO2S/c1-14-8-11-19(15(2)12-14)23(21,22)20(3)18-10-9-16-6-4-5-7-17(16)13-18/h4-13H,1-3H3. The average Bonchev–Trinajstić information content (AvgIpc) is 2.53. The second-order valence-electron chi connectivity index (χ2n) is 5.77. The minimum Gasteiger partial charge on any atom is -0.269 e. The molecule has 0 aliphatic heterocycles. The number of aryl methyl sites for hydroxylation is 2. The van der Waals surface area contributed by atoms with Gasteiger partial charge < -0.3 is 0 Å². The van der Waals surface area contributed by atoms with Crippen LogP contribution in [0.15, 0.2) is 65.6 Å². The fourth-order valence-electron chi connectivity index (χ4n) is 2.75. The number of hydrogen-bond donors (Lipinski definition) is 0. The Morgan fingerprint density at radius 1 is 0.826 bits per heavy atom. The highest BCUT2D eigenvalue weighted by molar-refractivity contribution is 7.92. The number of rotatable bonds is 3. The third kappa shape index (κ3) is 2.82. The van der Waals surface area contributed by atoms with Crippen molar-refractivity contribution >= 4 is 26.5 Å². The van der Waals surface area contributed by atoms with Crippen LogP contribution in [0.1, 0.15) is 11.1 Å². The molecule has 0 fully saturated rings. The van der Waals surface area contributed by atoms with Gasteiger partial charge in [-0.2, -0.15) is 0 Å². The fourth-order valence-corrected chi connectivity index (χ4v) is 4.14. The van der Waals surface area contributed by atoms with Crippen LogP contribution in [-0.2, 0) is 10.0 Å². The van der Waals surface area contributed by atoms with Crippen LogP contribution in [0, 0.1) is 13.8 Å². The van der Waals surface area contributed by atoms with Crippen molar-refractivity contribution in [2.24, 2.45) is 0 Å². The Labute approximate surface area is 137 Å². The van der Waals surface area contributed by atoms with Crippen LogP contribution in [0.25, 0.3) is 10.8 Å². The van der Waals surface area contributed by atoms with Crippen LogP contribution in [0.4, 0.5) is 5.69 Å². The molecular formula is C19H19NO2S. The molecule has 0 aromatic heterocycles. The number of hydrogen-bond acceptors (Lipinski definition) is 2. The molecule has 0 N–H and O–H groups in total. The Kier molecular flexibility index (Phi) is 3.86. The molecule has 0 heterocycles. The van der Waals surface area contributed by atoms with Gasteiger partial charge in [-0.3, -0.25) is 4.31 Å². The molecule has 3 nitrogen and oxygen atoms in total. The molecule has 0 aliphatic carbocycles. The lowest BCUT2D eigenvalue weighted by atomic mass is 10.1. The second-order valence-corrected chi connectivity index (χ2v) is 7.71. The summed E-state index contributed by atoms with van der Waals surface area (Å²) in [5.74, 6) is 0. The second kappa shape index (κ2) is 5.70. The summed E-state index contributed by atoms with van der Waals surface area (Å²) in [5, 5.41) is 2.11. The lowest BCUT2D eigenvalue weighted by Crippen LogP contribution is -2.27. The Hall–Kier alpha value is -2.33. The Bertz CT molecular complexity index is 978. The molecule has 3 aromatic rings. The predicted molar refractivity (Wildman–Crippen MR) is 95.5 cm³/mol. The molecule has 0 amide bonds. The molecule has 3 rings (SSSR count). The van der Waals surface area contributed by atoms with Crippen molar-refractivity contribution in [1.29, 1.82) is 0 Å². The van der Waals surface area contributed by atoms with E-state index in [1.807, 2.05) is 68.4 Å². The molecule has 23 heavy (non-hydrogen) atoms. The van der Waals surface area contributed by atoms with Crippen LogP contribution < -0.4 is 4.31 Å². The number of benzene rings is 3. The van der Waals surface area contributed by atoms with Crippen LogP contribution in [0.5, 0.6) is 0 Å². The predicted octanol–water partition coefficient (Wildman–Crippen LogP) is 4.28. The van der Waals surface area contributed by atoms with Gasteiger partial charge in [0.15, 0.2) is 0 Å². The maximum Gasteiger partial charge on any atom is 0.264 e. The molecule has 4 heteroatoms. The van der Waals surface area contributed by atoms with Gasteiger partial charge in [-0.15, -0.1) is 0 Å². The largest absolute Gasteiger partial charge is 0.269 e. The summed E-state index contributed by atoms with van der Waals surface area (Å²) in [6, 6.07) is 19.0. The molecule has 118 valence electrons. The molecule has 0 aliphatic rings. The highest BCUT2D eigenvalue weighted by Gasteiger charge is 2.23. The third-order valence-corrected chi connectivity index (χ3v) is 6.01. The zero-order chi connectivity index (χ0) is 16.6. The van der Waals surface area contributed by atoms with Gasteiger partial charge >= 0.3 is 0 Å². The zero-order valence-corrected chi connectivity index (χ0v) is 14.3. The number of sulfonamides is 1. The molecule has 0 atom stereocenters. The van der Waals surface area contributed by atoms with E-state index in [4.69, 9.17) is 0 Å². The van der Waals surface area contributed by atoms with Crippen LogP contribution >= 0.6 is 0 Å². The van der Waals surface area contributed by atoms with Gasteiger partial charge in [-0.1, -0.05) is 48.0 Å². The minimum absolute atomic E-state index is 0.346. The van der Waals surface area contributed by atoms with Crippen molar-refractivity contribution in [3.63, 3.8) is 0 Å². The minimum atomic E-state index is -3.57. The molecular weight excluding hydrogens is 306 g/mol. The van der Waals surface area contributed by atoms with Crippen molar-refractivity contribution in [1.82, 2.24) is 0 Å². The molecule has 0 radical (unpaired) electrons. The van der Waals surface area contributed by atoms with E-state index in [2.05, 4.69) is 0 Å². The van der Waals surface area contributed by atoms with E-state index in [1.165, 1.54) is 4.31 Å². The van der Waals surface area contributed by atoms with Gasteiger partial charge in [-0.25, -0.2) is 8.42 Å². The van der Waals surface area contributed by atoms with E-state index in [-0.39, 0.29) is 0 Å². The SMILES string of the molecule is Cc1ccc(S(=O)(=O)N(C)c2ccc3ccccc3c2)c(C)c1. The van der Waals surface area contributed by atoms with Gasteiger partial charge in [0.1, 0.15) is 0 Å². The van der Waals surface area contributed by atoms with Crippen molar-refractivity contribution in [2.75, 3.05) is 11.4 Å². The summed E-state index contributed by atoms with van der Waals surface area (Å²) >= 11 is 0. The summed E-state index contributed by atoms with van der Waals surface area (Å²) in [6.45, 7) is 3.78. The van der Waals surface area contributed by atoms with Crippen LogP contribution in [0.3, 0.4) is 0 Å². The first-order valence-corrected chi connectivity index (χ1v) is 8.88. The lowest BCUT2D eigenvalue weighted by Gasteiger charge is -2.21. The molecule has 0 saturated heterocycles. The number of anilines is 1. The molecule has 0 bridgehead atoms. The fraction of sp³-hybridized carbons (Fsp3) is 0.158. The topological polar surface area (TPSA) is 37.4 Å². The summed E-state index contributed by atoms with van der Waals surface area (Å²) in [6.07, 6.45) is 0. The summed E-state index contributed by atoms with van der Waals surface area (Å²) < 4.78 is 27.2. The van der Waals surface area contributed by atoms with E-state index in [1.54, 1.807) is 13.1 Å².